The summed E-state index contributed by atoms with van der Waals surface area (Å²) >= 11 is 0. The second kappa shape index (κ2) is 20.9. The van der Waals surface area contributed by atoms with E-state index < -0.39 is 46.3 Å². The summed E-state index contributed by atoms with van der Waals surface area (Å²) in [6.45, 7) is 5.99. The molecule has 0 N–H and O–H groups in total. The number of nitrogens with zero attached hydrogens (tertiary/aromatic N) is 14. The van der Waals surface area contributed by atoms with Crippen molar-refractivity contribution in [3.63, 3.8) is 0 Å². The first kappa shape index (κ1) is 52.0. The van der Waals surface area contributed by atoms with E-state index in [-0.39, 0.29) is 41.2 Å². The minimum Gasteiger partial charge on any atom is -0.377 e. The first-order valence-corrected chi connectivity index (χ1v) is 26.9. The Hall–Kier alpha value is -9.36. The van der Waals surface area contributed by atoms with Crippen molar-refractivity contribution in [1.82, 2.24) is 69.8 Å². The van der Waals surface area contributed by atoms with Crippen LogP contribution in [0.2, 0.25) is 0 Å². The zero-order valence-corrected chi connectivity index (χ0v) is 44.4. The first-order valence-electron chi connectivity index (χ1n) is 26.9. The second-order valence-electron chi connectivity index (χ2n) is 21.2. The Bertz CT molecular complexity index is 3960. The van der Waals surface area contributed by atoms with Crippen molar-refractivity contribution >= 4 is 46.3 Å². The number of carbonyl (C=O) groups excluding carboxylic acids is 8. The number of hydrogen-bond donors (Lipinski definition) is 0. The minimum absolute atomic E-state index is 0.00161. The van der Waals surface area contributed by atoms with Crippen LogP contribution in [0.3, 0.4) is 0 Å². The van der Waals surface area contributed by atoms with Gasteiger partial charge in [-0.2, -0.15) is 9.90 Å². The van der Waals surface area contributed by atoms with E-state index in [1.54, 1.807) is 68.8 Å². The van der Waals surface area contributed by atoms with E-state index in [0.717, 1.165) is 57.4 Å². The van der Waals surface area contributed by atoms with Gasteiger partial charge in [0, 0.05) is 44.5 Å². The smallest absolute Gasteiger partial charge is 0.256 e. The van der Waals surface area contributed by atoms with Crippen LogP contribution in [0.1, 0.15) is 133 Å². The van der Waals surface area contributed by atoms with Crippen molar-refractivity contribution in [1.29, 1.82) is 0 Å². The standard InChI is InChI=1S/2C16H16N4O2.2C13H9N3O3/c1-19-8-6-10(7-9-19)20-14-13(17-18-20)11-4-2-3-5-12(11)15(21)16(14)22;1-19-8-6-10(7-9-19)20-17-13-11-4-2-3-5-12(11)15(21)16(22)14(13)18-20;17-12-9-4-2-1-3-8(9)11-10(13(12)18)14-15-16(11)7-5-19-6-7;17-12-9-4-2-1-3-8(9)10-11(13(12)18)16(15-14-10)7-5-19-6-7/h2*2-5,10H,6-9H2,1H3;2*1-4,7H,5-6H2. The van der Waals surface area contributed by atoms with Crippen molar-refractivity contribution < 1.29 is 47.8 Å². The molecule has 4 aliphatic carbocycles. The number of ketones is 8. The molecule has 4 saturated heterocycles. The van der Waals surface area contributed by atoms with Gasteiger partial charge in [0.25, 0.3) is 23.1 Å². The van der Waals surface area contributed by atoms with Gasteiger partial charge in [-0.05, 0) is 66.0 Å². The molecule has 8 aromatic rings. The van der Waals surface area contributed by atoms with Crippen LogP contribution in [0.25, 0.3) is 45.0 Å². The summed E-state index contributed by atoms with van der Waals surface area (Å²) in [5, 5.41) is 33.3. The molecule has 0 bridgehead atoms. The first-order chi connectivity index (χ1) is 39.9. The highest BCUT2D eigenvalue weighted by molar-refractivity contribution is 6.54. The van der Waals surface area contributed by atoms with E-state index in [9.17, 15) is 38.4 Å². The fourth-order valence-corrected chi connectivity index (χ4v) is 11.3. The number of benzene rings is 4. The van der Waals surface area contributed by atoms with Gasteiger partial charge in [-0.25, -0.2) is 14.0 Å². The predicted molar refractivity (Wildman–Crippen MR) is 288 cm³/mol. The molecule has 4 aromatic carbocycles. The zero-order chi connectivity index (χ0) is 56.5. The Morgan fingerprint density at radius 3 is 1.11 bits per heavy atom. The molecule has 412 valence electrons. The predicted octanol–water partition coefficient (Wildman–Crippen LogP) is 4.97. The van der Waals surface area contributed by atoms with Crippen LogP contribution < -0.4 is 0 Å². The van der Waals surface area contributed by atoms with Crippen LogP contribution >= 0.6 is 0 Å². The number of fused-ring (bicyclic) bond motifs is 12. The van der Waals surface area contributed by atoms with Gasteiger partial charge in [0.05, 0.1) is 38.5 Å². The summed E-state index contributed by atoms with van der Waals surface area (Å²) in [4.78, 5) is 104. The summed E-state index contributed by atoms with van der Waals surface area (Å²) in [5.74, 6) is -4.11. The van der Waals surface area contributed by atoms with Crippen molar-refractivity contribution in [3.8, 4) is 45.0 Å². The number of likely N-dealkylation sites (tertiary alicyclic amines) is 2. The van der Waals surface area contributed by atoms with Gasteiger partial charge < -0.3 is 19.3 Å². The SMILES string of the molecule is CN1CCC(n2nc3c(n2)-c2ccccc2C(=O)C3=O)CC1.CN1CCC(n2nnc3c2C(=O)C(=O)c2ccccc2-3)CC1.O=C1C(=O)c2c(nnn2C2COC2)-c2ccccc21.O=C1C(=O)c2nnn(C3COC3)c2-c2ccccc21. The number of rotatable bonds is 4. The molecule has 8 aliphatic rings. The number of piperidine rings is 2. The molecule has 8 heterocycles. The van der Waals surface area contributed by atoms with Crippen LogP contribution in [-0.4, -0.2) is 183 Å². The van der Waals surface area contributed by atoms with Crippen LogP contribution in [-0.2, 0) is 9.47 Å². The van der Waals surface area contributed by atoms with E-state index in [0.29, 0.717) is 93.8 Å². The van der Waals surface area contributed by atoms with Crippen molar-refractivity contribution in [3.05, 3.63) is 142 Å². The largest absolute Gasteiger partial charge is 0.377 e. The Morgan fingerprint density at radius 2 is 0.671 bits per heavy atom. The maximum Gasteiger partial charge on any atom is 0.256 e. The molecule has 4 aromatic heterocycles. The molecule has 16 rings (SSSR count). The molecule has 4 aliphatic heterocycles. The van der Waals surface area contributed by atoms with Crippen LogP contribution in [0, 0.1) is 0 Å². The quantitative estimate of drug-likeness (QED) is 0.210. The lowest BCUT2D eigenvalue weighted by Crippen LogP contribution is -2.35. The van der Waals surface area contributed by atoms with Crippen LogP contribution in [0.4, 0.5) is 0 Å². The Balaban J connectivity index is 0.000000103. The van der Waals surface area contributed by atoms with Gasteiger partial charge in [0.1, 0.15) is 46.2 Å². The van der Waals surface area contributed by atoms with E-state index >= 15 is 0 Å². The van der Waals surface area contributed by atoms with E-state index in [1.807, 2.05) is 42.5 Å². The van der Waals surface area contributed by atoms with E-state index in [2.05, 4.69) is 65.0 Å². The fraction of sp³-hybridized carbons (Fsp3) is 0.310. The molecule has 4 fully saturated rings. The molecular formula is C58H50N14O10. The summed E-state index contributed by atoms with van der Waals surface area (Å²) < 4.78 is 15.1. The highest BCUT2D eigenvalue weighted by atomic mass is 16.5. The maximum atomic E-state index is 12.5. The molecule has 0 saturated carbocycles. The molecule has 0 radical (unpaired) electrons. The normalized spacial score (nSPS) is 18.6. The molecule has 0 spiro atoms. The lowest BCUT2D eigenvalue weighted by molar-refractivity contribution is -0.0301. The van der Waals surface area contributed by atoms with Gasteiger partial charge in [-0.1, -0.05) is 113 Å². The molecule has 24 nitrogen and oxygen atoms in total. The van der Waals surface area contributed by atoms with E-state index in [1.165, 1.54) is 4.68 Å². The third-order valence-electron chi connectivity index (χ3n) is 16.1. The topological polar surface area (TPSA) is 284 Å². The lowest BCUT2D eigenvalue weighted by Gasteiger charge is -2.29. The molecule has 0 atom stereocenters. The average Bonchev–Trinajstić information content (AvgIpc) is 4.31. The zero-order valence-electron chi connectivity index (χ0n) is 44.4. The average molecular weight is 1100 g/mol. The lowest BCUT2D eigenvalue weighted by atomic mass is 9.90. The minimum atomic E-state index is -0.583. The summed E-state index contributed by atoms with van der Waals surface area (Å²) in [6.07, 6.45) is 3.73. The number of carbonyl (C=O) groups is 8. The Labute approximate surface area is 466 Å². The van der Waals surface area contributed by atoms with Gasteiger partial charge in [0.2, 0.25) is 23.1 Å². The Kier molecular flexibility index (Phi) is 13.3. The van der Waals surface area contributed by atoms with Crippen molar-refractivity contribution in [2.75, 3.05) is 66.7 Å². The number of hydrogen-bond acceptors (Lipinski definition) is 20. The van der Waals surface area contributed by atoms with Gasteiger partial charge in [-0.3, -0.25) is 38.4 Å². The molecule has 24 heteroatoms. The van der Waals surface area contributed by atoms with Crippen molar-refractivity contribution in [2.45, 2.75) is 49.9 Å². The maximum absolute atomic E-state index is 12.5. The third-order valence-corrected chi connectivity index (χ3v) is 16.1. The van der Waals surface area contributed by atoms with Gasteiger partial charge >= 0.3 is 0 Å². The Morgan fingerprint density at radius 1 is 0.341 bits per heavy atom. The van der Waals surface area contributed by atoms with Gasteiger partial charge in [-0.15, -0.1) is 20.4 Å². The molecule has 0 unspecified atom stereocenters. The highest BCUT2D eigenvalue weighted by Crippen LogP contribution is 2.38. The third kappa shape index (κ3) is 8.77. The summed E-state index contributed by atoms with van der Waals surface area (Å²) in [7, 11) is 4.17. The monoisotopic (exact) mass is 1100 g/mol. The number of Topliss-reactive ketones (excluding diaryl/α,β-unsaturated/α-hetero) is 8. The van der Waals surface area contributed by atoms with E-state index in [4.69, 9.17) is 9.47 Å². The number of ether oxygens (including phenoxy) is 2. The highest BCUT2D eigenvalue weighted by Gasteiger charge is 2.41. The second-order valence-corrected chi connectivity index (χ2v) is 21.2. The van der Waals surface area contributed by atoms with Crippen LogP contribution in [0.15, 0.2) is 97.1 Å². The summed E-state index contributed by atoms with van der Waals surface area (Å²) in [6, 6.07) is 28.7. The number of aromatic nitrogens is 12. The summed E-state index contributed by atoms with van der Waals surface area (Å²) in [5.41, 5.74) is 7.69. The van der Waals surface area contributed by atoms with Gasteiger partial charge in [0.15, 0.2) is 11.4 Å². The van der Waals surface area contributed by atoms with Crippen molar-refractivity contribution in [2.24, 2.45) is 0 Å². The fourth-order valence-electron chi connectivity index (χ4n) is 11.3. The van der Waals surface area contributed by atoms with Crippen LogP contribution in [0.5, 0.6) is 0 Å². The molecular weight excluding hydrogens is 1050 g/mol. The molecule has 0 amide bonds. The molecule has 82 heavy (non-hydrogen) atoms.